The average Bonchev–Trinajstić information content (AvgIpc) is 2.89. The first-order chi connectivity index (χ1) is 18.3. The molecule has 2 rings (SSSR count). The lowest BCUT2D eigenvalue weighted by Crippen LogP contribution is -2.21. The van der Waals surface area contributed by atoms with Crippen molar-refractivity contribution >= 4 is 36.6 Å². The van der Waals surface area contributed by atoms with Crippen molar-refractivity contribution in [3.8, 4) is 11.5 Å². The molecule has 38 heavy (non-hydrogen) atoms. The van der Waals surface area contributed by atoms with Gasteiger partial charge in [-0.25, -0.2) is 14.2 Å². The molecule has 0 radical (unpaired) electrons. The molecule has 0 fully saturated rings. The lowest BCUT2D eigenvalue weighted by atomic mass is 10.1. The van der Waals surface area contributed by atoms with Crippen LogP contribution in [-0.4, -0.2) is 35.3 Å². The Morgan fingerprint density at radius 1 is 0.974 bits per heavy atom. The van der Waals surface area contributed by atoms with Crippen LogP contribution in [0.2, 0.25) is 0 Å². The van der Waals surface area contributed by atoms with Crippen LogP contribution in [0.25, 0.3) is 10.9 Å². The number of carbonyl (C=O) groups is 1. The van der Waals surface area contributed by atoms with Crippen LogP contribution in [0.3, 0.4) is 0 Å². The second kappa shape index (κ2) is 16.7. The number of phosphoric acid groups is 1. The fraction of sp³-hybridized carbons (Fsp3) is 0.600. The van der Waals surface area contributed by atoms with Gasteiger partial charge >= 0.3 is 13.8 Å². The number of carbonyl (C=O) groups excluding carboxylic acids is 1. The van der Waals surface area contributed by atoms with E-state index in [0.29, 0.717) is 30.2 Å². The SMILES string of the molecule is CCCCCCCCCCOc1cc2c(=O)c(C(=O)OCC)cn(COOP(=O)(O)OCl)c2cc1OCC. The minimum atomic E-state index is -4.65. The zero-order valence-electron chi connectivity index (χ0n) is 22.1. The summed E-state index contributed by atoms with van der Waals surface area (Å²) in [6, 6.07) is 3.07. The van der Waals surface area contributed by atoms with Gasteiger partial charge in [0, 0.05) is 12.3 Å². The van der Waals surface area contributed by atoms with Crippen LogP contribution in [0.15, 0.2) is 23.1 Å². The molecule has 0 amide bonds. The van der Waals surface area contributed by atoms with E-state index in [9.17, 15) is 19.0 Å². The van der Waals surface area contributed by atoms with Gasteiger partial charge in [-0.2, -0.15) is 4.08 Å². The van der Waals surface area contributed by atoms with Crippen molar-refractivity contribution in [2.45, 2.75) is 78.9 Å². The zero-order valence-corrected chi connectivity index (χ0v) is 23.8. The van der Waals surface area contributed by atoms with Gasteiger partial charge in [-0.05, 0) is 26.3 Å². The van der Waals surface area contributed by atoms with Crippen molar-refractivity contribution < 1.29 is 42.1 Å². The molecule has 11 nitrogen and oxygen atoms in total. The third-order valence-corrected chi connectivity index (χ3v) is 6.61. The average molecular weight is 578 g/mol. The maximum absolute atomic E-state index is 13.2. The van der Waals surface area contributed by atoms with Crippen molar-refractivity contribution in [3.63, 3.8) is 0 Å². The highest BCUT2D eigenvalue weighted by molar-refractivity contribution is 7.48. The number of hydrogen-bond acceptors (Lipinski definition) is 9. The number of hydrogen-bond donors (Lipinski definition) is 1. The molecule has 1 atom stereocenters. The minimum absolute atomic E-state index is 0.0624. The van der Waals surface area contributed by atoms with Crippen LogP contribution >= 0.6 is 19.7 Å². The Labute approximate surface area is 227 Å². The molecular weight excluding hydrogens is 541 g/mol. The molecule has 0 saturated heterocycles. The lowest BCUT2D eigenvalue weighted by molar-refractivity contribution is -0.246. The number of rotatable bonds is 19. The molecule has 1 unspecified atom stereocenters. The monoisotopic (exact) mass is 577 g/mol. The molecule has 1 heterocycles. The first-order valence-corrected chi connectivity index (χ1v) is 14.7. The largest absolute Gasteiger partial charge is 0.516 e. The van der Waals surface area contributed by atoms with Crippen LogP contribution in [0.1, 0.15) is 82.5 Å². The summed E-state index contributed by atoms with van der Waals surface area (Å²) in [6.07, 6.45) is 10.4. The van der Waals surface area contributed by atoms with Crippen molar-refractivity contribution in [2.75, 3.05) is 19.8 Å². The molecule has 0 saturated carbocycles. The number of halogens is 1. The Hall–Kier alpha value is -2.14. The van der Waals surface area contributed by atoms with Crippen LogP contribution < -0.4 is 14.9 Å². The summed E-state index contributed by atoms with van der Waals surface area (Å²) in [4.78, 5) is 39.8. The fourth-order valence-corrected chi connectivity index (χ4v) is 4.09. The molecule has 1 aromatic carbocycles. The predicted octanol–water partition coefficient (Wildman–Crippen LogP) is 6.27. The Morgan fingerprint density at radius 2 is 1.63 bits per heavy atom. The third-order valence-electron chi connectivity index (χ3n) is 5.62. The smallest absolute Gasteiger partial charge is 0.490 e. The molecule has 0 bridgehead atoms. The molecule has 214 valence electrons. The Kier molecular flexibility index (Phi) is 14.1. The molecule has 1 N–H and O–H groups in total. The summed E-state index contributed by atoms with van der Waals surface area (Å²) in [7, 11) is -4.65. The normalized spacial score (nSPS) is 12.9. The molecule has 0 spiro atoms. The molecule has 13 heteroatoms. The van der Waals surface area contributed by atoms with E-state index in [2.05, 4.69) is 15.7 Å². The number of benzene rings is 1. The van der Waals surface area contributed by atoms with Gasteiger partial charge in [0.15, 0.2) is 18.2 Å². The van der Waals surface area contributed by atoms with Gasteiger partial charge in [-0.15, -0.1) is 4.67 Å². The molecule has 1 aromatic heterocycles. The van der Waals surface area contributed by atoms with Gasteiger partial charge in [0.05, 0.1) is 42.6 Å². The number of esters is 1. The minimum Gasteiger partial charge on any atom is -0.490 e. The summed E-state index contributed by atoms with van der Waals surface area (Å²) in [5.74, 6) is -0.0877. The van der Waals surface area contributed by atoms with Gasteiger partial charge in [-0.3, -0.25) is 4.79 Å². The highest BCUT2D eigenvalue weighted by Crippen LogP contribution is 2.44. The molecule has 0 aliphatic carbocycles. The highest BCUT2D eigenvalue weighted by atomic mass is 35.5. The second-order valence-electron chi connectivity index (χ2n) is 8.49. The number of pyridine rings is 1. The number of nitrogens with zero attached hydrogens (tertiary/aromatic N) is 1. The summed E-state index contributed by atoms with van der Waals surface area (Å²) in [5.41, 5.74) is -0.538. The quantitative estimate of drug-likeness (QED) is 0.0669. The van der Waals surface area contributed by atoms with E-state index in [0.717, 1.165) is 19.3 Å². The second-order valence-corrected chi connectivity index (χ2v) is 10.1. The summed E-state index contributed by atoms with van der Waals surface area (Å²) < 4.78 is 37.6. The Balaban J connectivity index is 2.30. The Morgan fingerprint density at radius 3 is 2.26 bits per heavy atom. The standard InChI is InChI=1S/C25H37ClNO10P/c1-4-7-8-9-10-11-12-13-14-34-22-15-19-21(16-23(22)32-5-2)27(18-35-37-38(30,31)36-26)17-20(24(19)28)25(29)33-6-3/h15-17H,4-14,18H2,1-3H3,(H,30,31). The van der Waals surface area contributed by atoms with Crippen molar-refractivity contribution in [2.24, 2.45) is 0 Å². The summed E-state index contributed by atoms with van der Waals surface area (Å²) in [6.45, 7) is 5.96. The third kappa shape index (κ3) is 9.87. The molecular formula is C25H37ClNO10P. The number of unbranched alkanes of at least 4 members (excludes halogenated alkanes) is 7. The van der Waals surface area contributed by atoms with Crippen molar-refractivity contribution in [3.05, 3.63) is 34.1 Å². The topological polar surface area (TPSA) is 132 Å². The van der Waals surface area contributed by atoms with Crippen LogP contribution in [0, 0.1) is 0 Å². The van der Waals surface area contributed by atoms with Crippen LogP contribution in [0.5, 0.6) is 11.5 Å². The van der Waals surface area contributed by atoms with Crippen LogP contribution in [-0.2, 0) is 29.7 Å². The molecule has 0 aliphatic heterocycles. The zero-order chi connectivity index (χ0) is 28.0. The Bertz CT molecular complexity index is 1140. The van der Waals surface area contributed by atoms with Gasteiger partial charge < -0.3 is 23.7 Å². The van der Waals surface area contributed by atoms with Crippen LogP contribution in [0.4, 0.5) is 0 Å². The van der Waals surface area contributed by atoms with Crippen molar-refractivity contribution in [1.82, 2.24) is 4.57 Å². The number of ether oxygens (including phenoxy) is 3. The first-order valence-electron chi connectivity index (χ1n) is 12.9. The van der Waals surface area contributed by atoms with E-state index in [1.54, 1.807) is 13.0 Å². The van der Waals surface area contributed by atoms with E-state index in [-0.39, 0.29) is 17.6 Å². The number of aromatic nitrogens is 1. The first kappa shape index (κ1) is 32.1. The van der Waals surface area contributed by atoms with E-state index in [1.165, 1.54) is 48.9 Å². The van der Waals surface area contributed by atoms with E-state index >= 15 is 0 Å². The maximum atomic E-state index is 13.2. The molecule has 0 aliphatic rings. The predicted molar refractivity (Wildman–Crippen MR) is 142 cm³/mol. The van der Waals surface area contributed by atoms with Gasteiger partial charge in [0.25, 0.3) is 0 Å². The highest BCUT2D eigenvalue weighted by Gasteiger charge is 2.24. The van der Waals surface area contributed by atoms with E-state index in [1.807, 2.05) is 6.92 Å². The van der Waals surface area contributed by atoms with E-state index < -0.39 is 26.0 Å². The maximum Gasteiger partial charge on any atom is 0.516 e. The summed E-state index contributed by atoms with van der Waals surface area (Å²) >= 11 is 4.90. The van der Waals surface area contributed by atoms with E-state index in [4.69, 9.17) is 31.0 Å². The van der Waals surface area contributed by atoms with Crippen molar-refractivity contribution in [1.29, 1.82) is 0 Å². The summed E-state index contributed by atoms with van der Waals surface area (Å²) in [5, 5.41) is 0.134. The molecule has 2 aromatic rings. The lowest BCUT2D eigenvalue weighted by Gasteiger charge is -2.17. The number of fused-ring (bicyclic) bond motifs is 1. The van der Waals surface area contributed by atoms with Gasteiger partial charge in [0.1, 0.15) is 5.56 Å². The van der Waals surface area contributed by atoms with Gasteiger partial charge in [0.2, 0.25) is 5.43 Å². The van der Waals surface area contributed by atoms with Gasteiger partial charge in [-0.1, -0.05) is 51.9 Å². The fourth-order valence-electron chi connectivity index (χ4n) is 3.82.